The lowest BCUT2D eigenvalue weighted by Gasteiger charge is -2.11. The van der Waals surface area contributed by atoms with Crippen LogP contribution in [0.5, 0.6) is 0 Å². The van der Waals surface area contributed by atoms with Gasteiger partial charge in [-0.05, 0) is 30.0 Å². The maximum Gasteiger partial charge on any atom is 0.100 e. The summed E-state index contributed by atoms with van der Waals surface area (Å²) in [6.07, 6.45) is 1.88. The molecule has 0 aliphatic heterocycles. The molecular formula is C14H24N2S. The van der Waals surface area contributed by atoms with Crippen molar-refractivity contribution in [2.24, 2.45) is 11.8 Å². The lowest BCUT2D eigenvalue weighted by atomic mass is 10.2. The molecule has 0 atom stereocenters. The van der Waals surface area contributed by atoms with Crippen LogP contribution in [0.15, 0.2) is 23.4 Å². The number of hydrogen-bond donors (Lipinski definition) is 1. The summed E-state index contributed by atoms with van der Waals surface area (Å²) in [7, 11) is 0. The zero-order valence-electron chi connectivity index (χ0n) is 11.4. The minimum atomic E-state index is 0.693. The molecule has 1 heterocycles. The second-order valence-corrected chi connectivity index (χ2v) is 6.21. The molecule has 0 aliphatic carbocycles. The van der Waals surface area contributed by atoms with Gasteiger partial charge in [0.1, 0.15) is 5.03 Å². The average Bonchev–Trinajstić information content (AvgIpc) is 2.27. The van der Waals surface area contributed by atoms with Crippen LogP contribution in [0.4, 0.5) is 0 Å². The molecule has 0 radical (unpaired) electrons. The molecule has 17 heavy (non-hydrogen) atoms. The van der Waals surface area contributed by atoms with Crippen LogP contribution in [0.25, 0.3) is 0 Å². The first-order chi connectivity index (χ1) is 8.09. The molecule has 0 fully saturated rings. The molecule has 1 aromatic heterocycles. The van der Waals surface area contributed by atoms with E-state index in [4.69, 9.17) is 0 Å². The summed E-state index contributed by atoms with van der Waals surface area (Å²) < 4.78 is 0. The van der Waals surface area contributed by atoms with Gasteiger partial charge in [-0.2, -0.15) is 0 Å². The van der Waals surface area contributed by atoms with Gasteiger partial charge in [-0.25, -0.2) is 4.98 Å². The Bertz CT molecular complexity index is 324. The van der Waals surface area contributed by atoms with Crippen molar-refractivity contribution in [2.75, 3.05) is 12.3 Å². The largest absolute Gasteiger partial charge is 0.312 e. The summed E-state index contributed by atoms with van der Waals surface area (Å²) in [5.41, 5.74) is 1.32. The molecule has 0 aromatic carbocycles. The summed E-state index contributed by atoms with van der Waals surface area (Å²) in [6.45, 7) is 10.9. The van der Waals surface area contributed by atoms with Crippen LogP contribution in [0.2, 0.25) is 0 Å². The molecule has 3 heteroatoms. The fraction of sp³-hybridized carbons (Fsp3) is 0.643. The van der Waals surface area contributed by atoms with Gasteiger partial charge in [0.05, 0.1) is 0 Å². The molecule has 1 rings (SSSR count). The molecule has 0 bridgehead atoms. The SMILES string of the molecule is CC(C)CNCc1cccnc1SCC(C)C. The van der Waals surface area contributed by atoms with Gasteiger partial charge in [0.25, 0.3) is 0 Å². The first-order valence-corrected chi connectivity index (χ1v) is 7.35. The third kappa shape index (κ3) is 6.08. The molecule has 0 saturated heterocycles. The Balaban J connectivity index is 2.51. The lowest BCUT2D eigenvalue weighted by Crippen LogP contribution is -2.19. The van der Waals surface area contributed by atoms with E-state index >= 15 is 0 Å². The van der Waals surface area contributed by atoms with E-state index in [1.54, 1.807) is 0 Å². The van der Waals surface area contributed by atoms with E-state index in [0.29, 0.717) is 11.8 Å². The van der Waals surface area contributed by atoms with Crippen molar-refractivity contribution in [1.29, 1.82) is 0 Å². The summed E-state index contributed by atoms with van der Waals surface area (Å²) in [4.78, 5) is 4.47. The highest BCUT2D eigenvalue weighted by Crippen LogP contribution is 2.22. The normalized spacial score (nSPS) is 11.4. The van der Waals surface area contributed by atoms with Crippen LogP contribution in [0.1, 0.15) is 33.3 Å². The Morgan fingerprint density at radius 3 is 2.65 bits per heavy atom. The van der Waals surface area contributed by atoms with Crippen molar-refractivity contribution in [1.82, 2.24) is 10.3 Å². The van der Waals surface area contributed by atoms with Crippen LogP contribution in [0, 0.1) is 11.8 Å². The summed E-state index contributed by atoms with van der Waals surface area (Å²) in [6, 6.07) is 4.19. The smallest absolute Gasteiger partial charge is 0.100 e. The predicted octanol–water partition coefficient (Wildman–Crippen LogP) is 3.58. The van der Waals surface area contributed by atoms with E-state index in [9.17, 15) is 0 Å². The zero-order valence-corrected chi connectivity index (χ0v) is 12.2. The number of nitrogens with one attached hydrogen (secondary N) is 1. The highest BCUT2D eigenvalue weighted by Gasteiger charge is 2.05. The fourth-order valence-corrected chi connectivity index (χ4v) is 2.38. The molecule has 1 aromatic rings. The zero-order chi connectivity index (χ0) is 12.7. The Hall–Kier alpha value is -0.540. The second-order valence-electron chi connectivity index (χ2n) is 5.20. The van der Waals surface area contributed by atoms with Crippen LogP contribution in [-0.4, -0.2) is 17.3 Å². The molecular weight excluding hydrogens is 228 g/mol. The van der Waals surface area contributed by atoms with Crippen LogP contribution in [0.3, 0.4) is 0 Å². The first-order valence-electron chi connectivity index (χ1n) is 6.37. The minimum Gasteiger partial charge on any atom is -0.312 e. The molecule has 0 aliphatic rings. The van der Waals surface area contributed by atoms with Crippen LogP contribution in [-0.2, 0) is 6.54 Å². The summed E-state index contributed by atoms with van der Waals surface area (Å²) in [5, 5.41) is 4.65. The van der Waals surface area contributed by atoms with Crippen molar-refractivity contribution >= 4 is 11.8 Å². The lowest BCUT2D eigenvalue weighted by molar-refractivity contribution is 0.548. The van der Waals surface area contributed by atoms with E-state index in [-0.39, 0.29) is 0 Å². The van der Waals surface area contributed by atoms with Crippen molar-refractivity contribution in [3.05, 3.63) is 23.9 Å². The van der Waals surface area contributed by atoms with Crippen molar-refractivity contribution in [3.8, 4) is 0 Å². The van der Waals surface area contributed by atoms with Gasteiger partial charge in [-0.1, -0.05) is 33.8 Å². The third-order valence-corrected chi connectivity index (χ3v) is 3.75. The van der Waals surface area contributed by atoms with E-state index < -0.39 is 0 Å². The van der Waals surface area contributed by atoms with E-state index in [2.05, 4.69) is 44.1 Å². The summed E-state index contributed by atoms with van der Waals surface area (Å²) in [5.74, 6) is 2.53. The number of rotatable bonds is 7. The topological polar surface area (TPSA) is 24.9 Å². The molecule has 0 spiro atoms. The number of nitrogens with zero attached hydrogens (tertiary/aromatic N) is 1. The number of aromatic nitrogens is 1. The Kier molecular flexibility index (Phi) is 6.60. The Morgan fingerprint density at radius 2 is 2.00 bits per heavy atom. The molecule has 0 unspecified atom stereocenters. The van der Waals surface area contributed by atoms with Gasteiger partial charge in [-0.3, -0.25) is 0 Å². The van der Waals surface area contributed by atoms with Gasteiger partial charge in [-0.15, -0.1) is 11.8 Å². The van der Waals surface area contributed by atoms with E-state index in [1.807, 2.05) is 24.0 Å². The summed E-state index contributed by atoms with van der Waals surface area (Å²) >= 11 is 1.86. The average molecular weight is 252 g/mol. The Labute approximate surface area is 110 Å². The highest BCUT2D eigenvalue weighted by atomic mass is 32.2. The third-order valence-electron chi connectivity index (χ3n) is 2.27. The molecule has 0 amide bonds. The second kappa shape index (κ2) is 7.72. The first kappa shape index (κ1) is 14.5. The Morgan fingerprint density at radius 1 is 1.24 bits per heavy atom. The standard InChI is InChI=1S/C14H24N2S/c1-11(2)8-15-9-13-6-5-7-16-14(13)17-10-12(3)4/h5-7,11-12,15H,8-10H2,1-4H3. The molecule has 2 nitrogen and oxygen atoms in total. The van der Waals surface area contributed by atoms with Gasteiger partial charge in [0.2, 0.25) is 0 Å². The minimum absolute atomic E-state index is 0.693. The van der Waals surface area contributed by atoms with Crippen LogP contribution < -0.4 is 5.32 Å². The maximum absolute atomic E-state index is 4.47. The molecule has 1 N–H and O–H groups in total. The number of thioether (sulfide) groups is 1. The van der Waals surface area contributed by atoms with Gasteiger partial charge >= 0.3 is 0 Å². The van der Waals surface area contributed by atoms with Crippen molar-refractivity contribution < 1.29 is 0 Å². The number of pyridine rings is 1. The van der Waals surface area contributed by atoms with Gasteiger partial charge in [0, 0.05) is 18.5 Å². The quantitative estimate of drug-likeness (QED) is 0.751. The highest BCUT2D eigenvalue weighted by molar-refractivity contribution is 7.99. The van der Waals surface area contributed by atoms with Gasteiger partial charge in [0.15, 0.2) is 0 Å². The monoisotopic (exact) mass is 252 g/mol. The van der Waals surface area contributed by atoms with Crippen LogP contribution >= 0.6 is 11.8 Å². The maximum atomic E-state index is 4.47. The van der Waals surface area contributed by atoms with E-state index in [0.717, 1.165) is 18.8 Å². The fourth-order valence-electron chi connectivity index (χ4n) is 1.43. The van der Waals surface area contributed by atoms with Gasteiger partial charge < -0.3 is 5.32 Å². The predicted molar refractivity (Wildman–Crippen MR) is 76.3 cm³/mol. The molecule has 96 valence electrons. The number of hydrogen-bond acceptors (Lipinski definition) is 3. The van der Waals surface area contributed by atoms with Crippen molar-refractivity contribution in [2.45, 2.75) is 39.3 Å². The van der Waals surface area contributed by atoms with E-state index in [1.165, 1.54) is 10.6 Å². The van der Waals surface area contributed by atoms with Crippen molar-refractivity contribution in [3.63, 3.8) is 0 Å². The molecule has 0 saturated carbocycles.